The third-order valence-electron chi connectivity index (χ3n) is 4.24. The van der Waals surface area contributed by atoms with Crippen LogP contribution in [0.2, 0.25) is 5.02 Å². The third kappa shape index (κ3) is 3.40. The Balaban J connectivity index is 1.70. The average molecular weight is 394 g/mol. The van der Waals surface area contributed by atoms with Gasteiger partial charge in [-0.3, -0.25) is 9.59 Å². The largest absolute Gasteiger partial charge is 0.456 e. The number of anilines is 1. The molecule has 4 nitrogen and oxygen atoms in total. The molecule has 4 rings (SSSR count). The van der Waals surface area contributed by atoms with Gasteiger partial charge in [-0.1, -0.05) is 35.9 Å². The molecule has 1 aromatic heterocycles. The summed E-state index contributed by atoms with van der Waals surface area (Å²) in [4.78, 5) is 24.9. The van der Waals surface area contributed by atoms with Crippen molar-refractivity contribution in [1.29, 1.82) is 0 Å². The van der Waals surface area contributed by atoms with E-state index in [2.05, 4.69) is 5.32 Å². The van der Waals surface area contributed by atoms with Gasteiger partial charge in [-0.15, -0.1) is 0 Å². The van der Waals surface area contributed by atoms with E-state index in [0.29, 0.717) is 21.9 Å². The van der Waals surface area contributed by atoms with Gasteiger partial charge in [0.25, 0.3) is 5.91 Å². The van der Waals surface area contributed by atoms with E-state index in [0.717, 1.165) is 0 Å². The van der Waals surface area contributed by atoms with Gasteiger partial charge in [-0.2, -0.15) is 0 Å². The summed E-state index contributed by atoms with van der Waals surface area (Å²) in [6.45, 7) is 0. The Morgan fingerprint density at radius 3 is 2.50 bits per heavy atom. The fourth-order valence-corrected chi connectivity index (χ4v) is 3.09. The molecular weight excluding hydrogens is 381 g/mol. The molecule has 1 amide bonds. The Hall–Kier alpha value is -3.44. The van der Waals surface area contributed by atoms with Crippen molar-refractivity contribution in [3.05, 3.63) is 99.4 Å². The highest BCUT2D eigenvalue weighted by molar-refractivity contribution is 6.34. The summed E-state index contributed by atoms with van der Waals surface area (Å²) in [6, 6.07) is 18.6. The van der Waals surface area contributed by atoms with Crippen LogP contribution in [-0.4, -0.2) is 5.91 Å². The first kappa shape index (κ1) is 17.9. The van der Waals surface area contributed by atoms with E-state index in [9.17, 15) is 14.0 Å². The van der Waals surface area contributed by atoms with Gasteiger partial charge in [0.15, 0.2) is 5.43 Å². The van der Waals surface area contributed by atoms with Crippen LogP contribution in [0.5, 0.6) is 0 Å². The Morgan fingerprint density at radius 2 is 1.71 bits per heavy atom. The minimum atomic E-state index is -0.478. The van der Waals surface area contributed by atoms with Gasteiger partial charge in [-0.05, 0) is 42.5 Å². The van der Waals surface area contributed by atoms with Gasteiger partial charge >= 0.3 is 0 Å². The lowest BCUT2D eigenvalue weighted by Gasteiger charge is -2.08. The van der Waals surface area contributed by atoms with Gasteiger partial charge in [0.05, 0.1) is 21.5 Å². The van der Waals surface area contributed by atoms with E-state index in [1.807, 2.05) is 0 Å². The molecule has 0 atom stereocenters. The third-order valence-corrected chi connectivity index (χ3v) is 4.57. The predicted octanol–water partition coefficient (Wildman–Crippen LogP) is 5.50. The second-order valence-corrected chi connectivity index (χ2v) is 6.51. The van der Waals surface area contributed by atoms with Crippen LogP contribution in [0.3, 0.4) is 0 Å². The molecule has 1 heterocycles. The topological polar surface area (TPSA) is 59.3 Å². The van der Waals surface area contributed by atoms with E-state index in [4.69, 9.17) is 16.0 Å². The molecule has 6 heteroatoms. The van der Waals surface area contributed by atoms with E-state index in [1.165, 1.54) is 24.3 Å². The molecule has 0 bridgehead atoms. The molecule has 0 spiro atoms. The molecule has 0 aliphatic carbocycles. The number of halogens is 2. The summed E-state index contributed by atoms with van der Waals surface area (Å²) in [6.07, 6.45) is 0. The van der Waals surface area contributed by atoms with E-state index in [-0.39, 0.29) is 22.1 Å². The smallest absolute Gasteiger partial charge is 0.257 e. The first-order chi connectivity index (χ1) is 13.5. The Kier molecular flexibility index (Phi) is 4.67. The number of benzene rings is 3. The Labute approximate surface area is 164 Å². The number of fused-ring (bicyclic) bond motifs is 1. The molecule has 138 valence electrons. The lowest BCUT2D eigenvalue weighted by Crippen LogP contribution is -2.12. The van der Waals surface area contributed by atoms with Crippen LogP contribution >= 0.6 is 11.6 Å². The second-order valence-electron chi connectivity index (χ2n) is 6.10. The van der Waals surface area contributed by atoms with Crippen LogP contribution in [0.25, 0.3) is 22.3 Å². The van der Waals surface area contributed by atoms with Crippen molar-refractivity contribution in [1.82, 2.24) is 0 Å². The Bertz CT molecular complexity index is 1270. The predicted molar refractivity (Wildman–Crippen MR) is 107 cm³/mol. The van der Waals surface area contributed by atoms with Crippen LogP contribution in [0.4, 0.5) is 10.1 Å². The molecule has 28 heavy (non-hydrogen) atoms. The standard InChI is InChI=1S/C22H13ClFNO3/c23-17-7-3-1-5-14(17)22(27)25-13-9-10-20-16(11-13)19(26)12-21(28-20)15-6-2-4-8-18(15)24/h1-12H,(H,25,27). The fourth-order valence-electron chi connectivity index (χ4n) is 2.87. The van der Waals surface area contributed by atoms with Crippen molar-refractivity contribution in [3.8, 4) is 11.3 Å². The highest BCUT2D eigenvalue weighted by Crippen LogP contribution is 2.26. The molecule has 0 fully saturated rings. The molecule has 0 aliphatic rings. The van der Waals surface area contributed by atoms with Gasteiger partial charge in [0.1, 0.15) is 17.2 Å². The van der Waals surface area contributed by atoms with Crippen LogP contribution < -0.4 is 10.7 Å². The molecule has 3 aromatic carbocycles. The summed E-state index contributed by atoms with van der Waals surface area (Å²) < 4.78 is 19.7. The number of hydrogen-bond acceptors (Lipinski definition) is 3. The van der Waals surface area contributed by atoms with Crippen molar-refractivity contribution in [3.63, 3.8) is 0 Å². The van der Waals surface area contributed by atoms with Gasteiger partial charge < -0.3 is 9.73 Å². The molecule has 4 aromatic rings. The minimum Gasteiger partial charge on any atom is -0.456 e. The van der Waals surface area contributed by atoms with E-state index < -0.39 is 11.7 Å². The molecule has 0 unspecified atom stereocenters. The summed E-state index contributed by atoms with van der Waals surface area (Å²) in [7, 11) is 0. The molecular formula is C22H13ClFNO3. The summed E-state index contributed by atoms with van der Waals surface area (Å²) in [5.74, 6) is -0.727. The molecule has 0 saturated carbocycles. The van der Waals surface area contributed by atoms with Crippen molar-refractivity contribution in [2.24, 2.45) is 0 Å². The molecule has 0 radical (unpaired) electrons. The van der Waals surface area contributed by atoms with Crippen LogP contribution in [0, 0.1) is 5.82 Å². The second kappa shape index (κ2) is 7.29. The monoisotopic (exact) mass is 393 g/mol. The zero-order valence-electron chi connectivity index (χ0n) is 14.4. The van der Waals surface area contributed by atoms with Crippen LogP contribution in [0.1, 0.15) is 10.4 Å². The quantitative estimate of drug-likeness (QED) is 0.499. The number of rotatable bonds is 3. The van der Waals surface area contributed by atoms with Gasteiger partial charge in [0, 0.05) is 11.8 Å². The van der Waals surface area contributed by atoms with Crippen molar-refractivity contribution in [2.75, 3.05) is 5.32 Å². The maximum absolute atomic E-state index is 14.0. The zero-order valence-corrected chi connectivity index (χ0v) is 15.2. The number of amides is 1. The van der Waals surface area contributed by atoms with E-state index in [1.54, 1.807) is 48.5 Å². The molecule has 0 saturated heterocycles. The lowest BCUT2D eigenvalue weighted by atomic mass is 10.1. The summed E-state index contributed by atoms with van der Waals surface area (Å²) in [5.41, 5.74) is 0.905. The number of hydrogen-bond donors (Lipinski definition) is 1. The van der Waals surface area contributed by atoms with Crippen molar-refractivity contribution in [2.45, 2.75) is 0 Å². The summed E-state index contributed by atoms with van der Waals surface area (Å²) in [5, 5.41) is 3.31. The van der Waals surface area contributed by atoms with Crippen molar-refractivity contribution >= 4 is 34.2 Å². The first-order valence-electron chi connectivity index (χ1n) is 8.41. The summed E-state index contributed by atoms with van der Waals surface area (Å²) >= 11 is 6.04. The van der Waals surface area contributed by atoms with Crippen LogP contribution in [-0.2, 0) is 0 Å². The SMILES string of the molecule is O=C(Nc1ccc2oc(-c3ccccc3F)cc(=O)c2c1)c1ccccc1Cl. The molecule has 0 aliphatic heterocycles. The highest BCUT2D eigenvalue weighted by atomic mass is 35.5. The number of carbonyl (C=O) groups excluding carboxylic acids is 1. The lowest BCUT2D eigenvalue weighted by molar-refractivity contribution is 0.102. The maximum atomic E-state index is 14.0. The van der Waals surface area contributed by atoms with Crippen molar-refractivity contribution < 1.29 is 13.6 Å². The number of carbonyl (C=O) groups is 1. The van der Waals surface area contributed by atoms with E-state index >= 15 is 0 Å². The fraction of sp³-hybridized carbons (Fsp3) is 0. The minimum absolute atomic E-state index is 0.142. The maximum Gasteiger partial charge on any atom is 0.257 e. The Morgan fingerprint density at radius 1 is 0.964 bits per heavy atom. The zero-order chi connectivity index (χ0) is 19.7. The van der Waals surface area contributed by atoms with Crippen LogP contribution in [0.15, 0.2) is 82.0 Å². The number of nitrogens with one attached hydrogen (secondary N) is 1. The normalized spacial score (nSPS) is 10.8. The van der Waals surface area contributed by atoms with Gasteiger partial charge in [0.2, 0.25) is 0 Å². The molecule has 1 N–H and O–H groups in total. The first-order valence-corrected chi connectivity index (χ1v) is 8.79. The van der Waals surface area contributed by atoms with Gasteiger partial charge in [-0.25, -0.2) is 4.39 Å². The highest BCUT2D eigenvalue weighted by Gasteiger charge is 2.13. The average Bonchev–Trinajstić information content (AvgIpc) is 2.69.